The van der Waals surface area contributed by atoms with E-state index >= 15 is 0 Å². The fraction of sp³-hybridized carbons (Fsp3) is 0.611. The lowest BCUT2D eigenvalue weighted by Gasteiger charge is -2.14. The molecule has 130 valence electrons. The molecule has 1 aromatic carbocycles. The fourth-order valence-electron chi connectivity index (χ4n) is 2.16. The van der Waals surface area contributed by atoms with E-state index in [1.807, 2.05) is 19.9 Å². The standard InChI is InChI=1S/C18H31N3O2/c1-4-22-13-9-8-12-20-18(19-3)21-14-16-10-6-7-11-17(16)15-23-5-2/h6-7,10-11H,4-5,8-9,12-15H2,1-3H3,(H2,19,20,21). The summed E-state index contributed by atoms with van der Waals surface area (Å²) in [5.41, 5.74) is 2.45. The molecule has 0 heterocycles. The first-order valence-corrected chi connectivity index (χ1v) is 8.48. The molecule has 1 aromatic rings. The van der Waals surface area contributed by atoms with Crippen LogP contribution in [0.2, 0.25) is 0 Å². The Balaban J connectivity index is 2.34. The van der Waals surface area contributed by atoms with Crippen molar-refractivity contribution in [3.63, 3.8) is 0 Å². The van der Waals surface area contributed by atoms with Crippen molar-refractivity contribution in [1.29, 1.82) is 0 Å². The zero-order valence-corrected chi connectivity index (χ0v) is 14.7. The van der Waals surface area contributed by atoms with Crippen LogP contribution in [0.1, 0.15) is 37.8 Å². The molecule has 0 amide bonds. The number of guanidine groups is 1. The van der Waals surface area contributed by atoms with Gasteiger partial charge in [-0.15, -0.1) is 0 Å². The van der Waals surface area contributed by atoms with E-state index in [2.05, 4.69) is 33.8 Å². The maximum atomic E-state index is 5.52. The molecule has 0 saturated heterocycles. The molecule has 2 N–H and O–H groups in total. The van der Waals surface area contributed by atoms with Gasteiger partial charge in [0, 0.05) is 40.0 Å². The van der Waals surface area contributed by atoms with Crippen molar-refractivity contribution in [2.45, 2.75) is 39.8 Å². The van der Waals surface area contributed by atoms with Gasteiger partial charge < -0.3 is 20.1 Å². The first kappa shape index (κ1) is 19.5. The Morgan fingerprint density at radius 1 is 1.00 bits per heavy atom. The molecule has 0 saturated carbocycles. The maximum absolute atomic E-state index is 5.52. The van der Waals surface area contributed by atoms with Gasteiger partial charge in [0.15, 0.2) is 5.96 Å². The first-order valence-electron chi connectivity index (χ1n) is 8.48. The van der Waals surface area contributed by atoms with Crippen LogP contribution in [0.4, 0.5) is 0 Å². The van der Waals surface area contributed by atoms with Crippen molar-refractivity contribution in [3.8, 4) is 0 Å². The number of rotatable bonds is 11. The van der Waals surface area contributed by atoms with E-state index in [1.165, 1.54) is 11.1 Å². The third-order valence-corrected chi connectivity index (χ3v) is 3.46. The van der Waals surface area contributed by atoms with E-state index < -0.39 is 0 Å². The van der Waals surface area contributed by atoms with Gasteiger partial charge >= 0.3 is 0 Å². The molecule has 0 radical (unpaired) electrons. The molecule has 0 aliphatic heterocycles. The van der Waals surface area contributed by atoms with E-state index in [-0.39, 0.29) is 0 Å². The summed E-state index contributed by atoms with van der Waals surface area (Å²) in [4.78, 5) is 4.26. The number of nitrogens with zero attached hydrogens (tertiary/aromatic N) is 1. The van der Waals surface area contributed by atoms with Crippen molar-refractivity contribution in [3.05, 3.63) is 35.4 Å². The average Bonchev–Trinajstić information content (AvgIpc) is 2.59. The number of benzene rings is 1. The summed E-state index contributed by atoms with van der Waals surface area (Å²) in [7, 11) is 1.79. The first-order chi connectivity index (χ1) is 11.3. The summed E-state index contributed by atoms with van der Waals surface area (Å²) < 4.78 is 10.9. The Bertz CT molecular complexity index is 450. The highest BCUT2D eigenvalue weighted by molar-refractivity contribution is 5.79. The SMILES string of the molecule is CCOCCCCNC(=NC)NCc1ccccc1COCC. The van der Waals surface area contributed by atoms with Crippen LogP contribution in [0.25, 0.3) is 0 Å². The Morgan fingerprint density at radius 2 is 1.74 bits per heavy atom. The molecular formula is C18H31N3O2. The van der Waals surface area contributed by atoms with Crippen molar-refractivity contribution >= 4 is 5.96 Å². The summed E-state index contributed by atoms with van der Waals surface area (Å²) in [5.74, 6) is 0.827. The van der Waals surface area contributed by atoms with Crippen LogP contribution in [0.3, 0.4) is 0 Å². The molecule has 0 aliphatic rings. The van der Waals surface area contributed by atoms with Gasteiger partial charge in [-0.25, -0.2) is 0 Å². The van der Waals surface area contributed by atoms with Crippen LogP contribution in [-0.4, -0.2) is 39.4 Å². The highest BCUT2D eigenvalue weighted by atomic mass is 16.5. The molecule has 0 bridgehead atoms. The van der Waals surface area contributed by atoms with Crippen molar-refractivity contribution in [2.75, 3.05) is 33.4 Å². The monoisotopic (exact) mass is 321 g/mol. The van der Waals surface area contributed by atoms with Gasteiger partial charge in [-0.05, 0) is 37.8 Å². The third kappa shape index (κ3) is 8.57. The minimum atomic E-state index is 0.651. The van der Waals surface area contributed by atoms with E-state index in [4.69, 9.17) is 9.47 Å². The second-order valence-electron chi connectivity index (χ2n) is 5.16. The summed E-state index contributed by atoms with van der Waals surface area (Å²) in [6, 6.07) is 8.33. The van der Waals surface area contributed by atoms with Gasteiger partial charge in [0.05, 0.1) is 6.61 Å². The minimum absolute atomic E-state index is 0.651. The quantitative estimate of drug-likeness (QED) is 0.374. The molecule has 5 nitrogen and oxygen atoms in total. The third-order valence-electron chi connectivity index (χ3n) is 3.46. The predicted molar refractivity (Wildman–Crippen MR) is 95.7 cm³/mol. The molecular weight excluding hydrogens is 290 g/mol. The highest BCUT2D eigenvalue weighted by Crippen LogP contribution is 2.09. The summed E-state index contributed by atoms with van der Waals surface area (Å²) >= 11 is 0. The zero-order valence-electron chi connectivity index (χ0n) is 14.7. The lowest BCUT2D eigenvalue weighted by Crippen LogP contribution is -2.37. The second kappa shape index (κ2) is 12.9. The van der Waals surface area contributed by atoms with Crippen LogP contribution >= 0.6 is 0 Å². The van der Waals surface area contributed by atoms with Crippen LogP contribution in [0, 0.1) is 0 Å². The second-order valence-corrected chi connectivity index (χ2v) is 5.16. The van der Waals surface area contributed by atoms with Crippen LogP contribution in [0.15, 0.2) is 29.3 Å². The lowest BCUT2D eigenvalue weighted by atomic mass is 10.1. The average molecular weight is 321 g/mol. The Kier molecular flexibility index (Phi) is 10.9. The fourth-order valence-corrected chi connectivity index (χ4v) is 2.16. The number of unbranched alkanes of at least 4 members (excludes halogenated alkanes) is 1. The van der Waals surface area contributed by atoms with Gasteiger partial charge in [-0.2, -0.15) is 0 Å². The van der Waals surface area contributed by atoms with Gasteiger partial charge in [-0.3, -0.25) is 4.99 Å². The maximum Gasteiger partial charge on any atom is 0.191 e. The van der Waals surface area contributed by atoms with Crippen LogP contribution in [-0.2, 0) is 22.6 Å². The Morgan fingerprint density at radius 3 is 2.43 bits per heavy atom. The van der Waals surface area contributed by atoms with Crippen molar-refractivity contribution in [1.82, 2.24) is 10.6 Å². The highest BCUT2D eigenvalue weighted by Gasteiger charge is 2.03. The van der Waals surface area contributed by atoms with Gasteiger partial charge in [-0.1, -0.05) is 24.3 Å². The lowest BCUT2D eigenvalue weighted by molar-refractivity contribution is 0.133. The summed E-state index contributed by atoms with van der Waals surface area (Å²) in [6.07, 6.45) is 2.14. The van der Waals surface area contributed by atoms with Crippen molar-refractivity contribution < 1.29 is 9.47 Å². The smallest absolute Gasteiger partial charge is 0.191 e. The molecule has 0 unspecified atom stereocenters. The van der Waals surface area contributed by atoms with E-state index in [9.17, 15) is 0 Å². The summed E-state index contributed by atoms with van der Waals surface area (Å²) in [6.45, 7) is 8.66. The van der Waals surface area contributed by atoms with Crippen LogP contribution in [0.5, 0.6) is 0 Å². The molecule has 0 atom stereocenters. The van der Waals surface area contributed by atoms with Gasteiger partial charge in [0.2, 0.25) is 0 Å². The molecule has 0 aromatic heterocycles. The molecule has 1 rings (SSSR count). The number of hydrogen-bond acceptors (Lipinski definition) is 3. The normalized spacial score (nSPS) is 11.5. The summed E-state index contributed by atoms with van der Waals surface area (Å²) in [5, 5.41) is 6.69. The van der Waals surface area contributed by atoms with Crippen molar-refractivity contribution in [2.24, 2.45) is 4.99 Å². The molecule has 0 aliphatic carbocycles. The Hall–Kier alpha value is -1.59. The number of nitrogens with one attached hydrogen (secondary N) is 2. The van der Waals surface area contributed by atoms with E-state index in [1.54, 1.807) is 7.05 Å². The molecule has 0 fully saturated rings. The Labute approximate surface area is 140 Å². The van der Waals surface area contributed by atoms with E-state index in [0.29, 0.717) is 6.61 Å². The number of aliphatic imine (C=N–C) groups is 1. The number of hydrogen-bond donors (Lipinski definition) is 2. The molecule has 5 heteroatoms. The largest absolute Gasteiger partial charge is 0.382 e. The topological polar surface area (TPSA) is 54.9 Å². The minimum Gasteiger partial charge on any atom is -0.382 e. The van der Waals surface area contributed by atoms with Gasteiger partial charge in [0.1, 0.15) is 0 Å². The van der Waals surface area contributed by atoms with Gasteiger partial charge in [0.25, 0.3) is 0 Å². The molecule has 23 heavy (non-hydrogen) atoms. The molecule has 0 spiro atoms. The van der Waals surface area contributed by atoms with Crippen LogP contribution < -0.4 is 10.6 Å². The predicted octanol–water partition coefficient (Wildman–Crippen LogP) is 2.70. The zero-order chi connectivity index (χ0) is 16.8. The van der Waals surface area contributed by atoms with E-state index in [0.717, 1.165) is 51.7 Å². The number of ether oxygens (including phenoxy) is 2.